The van der Waals surface area contributed by atoms with Crippen LogP contribution in [0, 0.1) is 9.39 Å². The maximum Gasteiger partial charge on any atom is 0.138 e. The summed E-state index contributed by atoms with van der Waals surface area (Å²) < 4.78 is 16.3. The van der Waals surface area contributed by atoms with Crippen LogP contribution in [0.5, 0.6) is 0 Å². The lowest BCUT2D eigenvalue weighted by molar-refractivity contribution is 0.618. The molecule has 0 fully saturated rings. The Balaban J connectivity index is 2.62. The monoisotopic (exact) mass is 366 g/mol. The molecule has 1 aromatic heterocycles. The number of benzene rings is 1. The van der Waals surface area contributed by atoms with Gasteiger partial charge in [-0.2, -0.15) is 0 Å². The third kappa shape index (κ3) is 2.57. The van der Waals surface area contributed by atoms with E-state index in [-0.39, 0.29) is 5.82 Å². The van der Waals surface area contributed by atoms with E-state index in [0.717, 1.165) is 29.8 Å². The van der Waals surface area contributed by atoms with Crippen LogP contribution in [0.4, 0.5) is 4.39 Å². The molecule has 92 valence electrons. The number of nitrogens with zero attached hydrogens (tertiary/aromatic N) is 2. The summed E-state index contributed by atoms with van der Waals surface area (Å²) in [5.41, 5.74) is 1.72. The number of aryl methyl sites for hydroxylation is 2. The maximum absolute atomic E-state index is 13.6. The van der Waals surface area contributed by atoms with E-state index < -0.39 is 0 Å². The van der Waals surface area contributed by atoms with Crippen molar-refractivity contribution in [3.05, 3.63) is 27.3 Å². The summed E-state index contributed by atoms with van der Waals surface area (Å²) in [5, 5.41) is 0. The van der Waals surface area contributed by atoms with E-state index in [0.29, 0.717) is 15.9 Å². The third-order valence-corrected chi connectivity index (χ3v) is 3.65. The molecule has 2 nitrogen and oxygen atoms in total. The van der Waals surface area contributed by atoms with Gasteiger partial charge in [0.15, 0.2) is 0 Å². The summed E-state index contributed by atoms with van der Waals surface area (Å²) in [6, 6.07) is 3.35. The molecule has 0 atom stereocenters. The standard InChI is InChI=1S/C12H13ClFIN2/c1-2-5-17-11-6-8(14)9(15)7-10(11)16-12(17)3-4-13/h6-7H,2-5H2,1H3. The van der Waals surface area contributed by atoms with Crippen molar-refractivity contribution in [2.24, 2.45) is 0 Å². The quantitative estimate of drug-likeness (QED) is 0.591. The Morgan fingerprint density at radius 2 is 2.24 bits per heavy atom. The fourth-order valence-corrected chi connectivity index (χ4v) is 2.54. The first kappa shape index (κ1) is 13.1. The number of halogens is 3. The average molecular weight is 367 g/mol. The van der Waals surface area contributed by atoms with Gasteiger partial charge in [-0.25, -0.2) is 9.37 Å². The molecule has 2 aromatic rings. The van der Waals surface area contributed by atoms with Crippen LogP contribution in [0.1, 0.15) is 19.2 Å². The van der Waals surface area contributed by atoms with Crippen molar-refractivity contribution in [1.29, 1.82) is 0 Å². The van der Waals surface area contributed by atoms with Gasteiger partial charge in [0.05, 0.1) is 14.6 Å². The SMILES string of the molecule is CCCn1c(CCCl)nc2cc(I)c(F)cc21. The number of hydrogen-bond acceptors (Lipinski definition) is 1. The number of aromatic nitrogens is 2. The van der Waals surface area contributed by atoms with Gasteiger partial charge in [0.25, 0.3) is 0 Å². The van der Waals surface area contributed by atoms with Gasteiger partial charge < -0.3 is 4.57 Å². The molecular formula is C12H13ClFIN2. The van der Waals surface area contributed by atoms with E-state index in [4.69, 9.17) is 11.6 Å². The summed E-state index contributed by atoms with van der Waals surface area (Å²) in [5.74, 6) is 1.29. The zero-order valence-corrected chi connectivity index (χ0v) is 12.4. The van der Waals surface area contributed by atoms with Crippen LogP contribution >= 0.6 is 34.2 Å². The minimum Gasteiger partial charge on any atom is -0.328 e. The van der Waals surface area contributed by atoms with Crippen LogP contribution in [-0.2, 0) is 13.0 Å². The summed E-state index contributed by atoms with van der Waals surface area (Å²) >= 11 is 7.76. The van der Waals surface area contributed by atoms with Crippen molar-refractivity contribution in [3.63, 3.8) is 0 Å². The predicted octanol–water partition coefficient (Wildman–Crippen LogP) is 3.97. The fourth-order valence-electron chi connectivity index (χ4n) is 1.92. The topological polar surface area (TPSA) is 17.8 Å². The van der Waals surface area contributed by atoms with Gasteiger partial charge in [-0.1, -0.05) is 6.92 Å². The molecular weight excluding hydrogens is 354 g/mol. The molecule has 17 heavy (non-hydrogen) atoms. The fraction of sp³-hybridized carbons (Fsp3) is 0.417. The minimum absolute atomic E-state index is 0.187. The maximum atomic E-state index is 13.6. The number of fused-ring (bicyclic) bond motifs is 1. The number of rotatable bonds is 4. The second kappa shape index (κ2) is 5.52. The van der Waals surface area contributed by atoms with Gasteiger partial charge >= 0.3 is 0 Å². The Labute approximate surface area is 118 Å². The Morgan fingerprint density at radius 1 is 1.47 bits per heavy atom. The molecule has 0 radical (unpaired) electrons. The second-order valence-electron chi connectivity index (χ2n) is 3.87. The van der Waals surface area contributed by atoms with Crippen molar-refractivity contribution >= 4 is 45.2 Å². The van der Waals surface area contributed by atoms with Crippen molar-refractivity contribution < 1.29 is 4.39 Å². The Kier molecular flexibility index (Phi) is 4.25. The molecule has 0 N–H and O–H groups in total. The molecule has 0 aliphatic carbocycles. The smallest absolute Gasteiger partial charge is 0.138 e. The minimum atomic E-state index is -0.187. The first-order chi connectivity index (χ1) is 8.17. The Hall–Kier alpha value is -0.360. The highest BCUT2D eigenvalue weighted by Crippen LogP contribution is 2.22. The van der Waals surface area contributed by atoms with E-state index in [2.05, 4.69) is 16.5 Å². The van der Waals surface area contributed by atoms with Crippen LogP contribution < -0.4 is 0 Å². The summed E-state index contributed by atoms with van der Waals surface area (Å²) in [7, 11) is 0. The highest BCUT2D eigenvalue weighted by atomic mass is 127. The van der Waals surface area contributed by atoms with Gasteiger partial charge in [-0.05, 0) is 35.1 Å². The lowest BCUT2D eigenvalue weighted by Crippen LogP contribution is -2.04. The molecule has 0 saturated heterocycles. The molecule has 0 unspecified atom stereocenters. The van der Waals surface area contributed by atoms with Gasteiger partial charge in [-0.15, -0.1) is 11.6 Å². The van der Waals surface area contributed by atoms with Crippen LogP contribution in [0.2, 0.25) is 0 Å². The predicted molar refractivity (Wildman–Crippen MR) is 77.1 cm³/mol. The molecule has 1 aromatic carbocycles. The van der Waals surface area contributed by atoms with E-state index in [1.54, 1.807) is 12.1 Å². The molecule has 0 aliphatic rings. The molecule has 0 aliphatic heterocycles. The first-order valence-corrected chi connectivity index (χ1v) is 7.18. The molecule has 2 rings (SSSR count). The van der Waals surface area contributed by atoms with Gasteiger partial charge in [0.2, 0.25) is 0 Å². The molecule has 5 heteroatoms. The Bertz CT molecular complexity index is 539. The Morgan fingerprint density at radius 3 is 2.88 bits per heavy atom. The molecule has 0 saturated carbocycles. The van der Waals surface area contributed by atoms with Gasteiger partial charge in [-0.3, -0.25) is 0 Å². The lowest BCUT2D eigenvalue weighted by atomic mass is 10.3. The largest absolute Gasteiger partial charge is 0.328 e. The van der Waals surface area contributed by atoms with Crippen molar-refractivity contribution in [3.8, 4) is 0 Å². The summed E-state index contributed by atoms with van der Waals surface area (Å²) in [6.07, 6.45) is 1.71. The van der Waals surface area contributed by atoms with Gasteiger partial charge in [0, 0.05) is 24.9 Å². The highest BCUT2D eigenvalue weighted by molar-refractivity contribution is 14.1. The first-order valence-electron chi connectivity index (χ1n) is 5.57. The van der Waals surface area contributed by atoms with Crippen LogP contribution in [-0.4, -0.2) is 15.4 Å². The van der Waals surface area contributed by atoms with Crippen molar-refractivity contribution in [2.45, 2.75) is 26.3 Å². The third-order valence-electron chi connectivity index (χ3n) is 2.63. The second-order valence-corrected chi connectivity index (χ2v) is 5.41. The number of hydrogen-bond donors (Lipinski definition) is 0. The van der Waals surface area contributed by atoms with E-state index >= 15 is 0 Å². The highest BCUT2D eigenvalue weighted by Gasteiger charge is 2.12. The van der Waals surface area contributed by atoms with Crippen molar-refractivity contribution in [2.75, 3.05) is 5.88 Å². The van der Waals surface area contributed by atoms with Gasteiger partial charge in [0.1, 0.15) is 11.6 Å². The molecule has 0 spiro atoms. The normalized spacial score (nSPS) is 11.3. The summed E-state index contributed by atoms with van der Waals surface area (Å²) in [4.78, 5) is 4.53. The van der Waals surface area contributed by atoms with Crippen LogP contribution in [0.3, 0.4) is 0 Å². The van der Waals surface area contributed by atoms with E-state index in [9.17, 15) is 4.39 Å². The van der Waals surface area contributed by atoms with Crippen LogP contribution in [0.15, 0.2) is 12.1 Å². The number of imidazole rings is 1. The van der Waals surface area contributed by atoms with E-state index in [1.165, 1.54) is 0 Å². The molecule has 0 bridgehead atoms. The molecule has 1 heterocycles. The van der Waals surface area contributed by atoms with Crippen LogP contribution in [0.25, 0.3) is 11.0 Å². The zero-order chi connectivity index (χ0) is 12.4. The summed E-state index contributed by atoms with van der Waals surface area (Å²) in [6.45, 7) is 2.95. The van der Waals surface area contributed by atoms with E-state index in [1.807, 2.05) is 22.6 Å². The number of alkyl halides is 1. The van der Waals surface area contributed by atoms with Crippen molar-refractivity contribution in [1.82, 2.24) is 9.55 Å². The average Bonchev–Trinajstić information content (AvgIpc) is 2.59. The zero-order valence-electron chi connectivity index (χ0n) is 9.51. The lowest BCUT2D eigenvalue weighted by Gasteiger charge is -2.06. The molecule has 0 amide bonds.